The first kappa shape index (κ1) is 24.6. The van der Waals surface area contributed by atoms with Crippen molar-refractivity contribution in [2.24, 2.45) is 0 Å². The van der Waals surface area contributed by atoms with Gasteiger partial charge in [0.25, 0.3) is 0 Å². The van der Waals surface area contributed by atoms with E-state index in [0.29, 0.717) is 0 Å². The molecule has 4 aromatic heterocycles. The van der Waals surface area contributed by atoms with Crippen LogP contribution in [0.1, 0.15) is 50.7 Å². The highest BCUT2D eigenvalue weighted by molar-refractivity contribution is 5.98. The SMILES string of the molecule is CC1(C)c2cnc([nH]2)-c2cn(-c3ccccc3)c(n2)C(C)(C)c2nc(cn2-c2ccccc2)-c2[nH]c1c1ccccc21. The molecule has 0 fully saturated rings. The molecule has 5 heterocycles. The maximum atomic E-state index is 5.41. The van der Waals surface area contributed by atoms with Gasteiger partial charge in [0.1, 0.15) is 23.0 Å². The number of H-pyrrole nitrogens is 2. The molecule has 7 aromatic rings. The van der Waals surface area contributed by atoms with Crippen LogP contribution in [0.3, 0.4) is 0 Å². The number of aromatic amines is 2. The summed E-state index contributed by atoms with van der Waals surface area (Å²) in [6.07, 6.45) is 6.18. The Labute approximate surface area is 243 Å². The Morgan fingerprint density at radius 1 is 0.595 bits per heavy atom. The van der Waals surface area contributed by atoms with E-state index < -0.39 is 5.41 Å². The first-order valence-electron chi connectivity index (χ1n) is 14.3. The zero-order valence-electron chi connectivity index (χ0n) is 24.1. The molecule has 7 heteroatoms. The fourth-order valence-electron chi connectivity index (χ4n) is 6.33. The number of fused-ring (bicyclic) bond motifs is 13. The number of hydrogen-bond acceptors (Lipinski definition) is 3. The van der Waals surface area contributed by atoms with Crippen LogP contribution in [0.15, 0.2) is 104 Å². The molecule has 0 radical (unpaired) electrons. The lowest BCUT2D eigenvalue weighted by atomic mass is 9.84. The molecule has 1 aliphatic heterocycles. The van der Waals surface area contributed by atoms with Gasteiger partial charge >= 0.3 is 0 Å². The summed E-state index contributed by atoms with van der Waals surface area (Å²) < 4.78 is 4.39. The lowest BCUT2D eigenvalue weighted by molar-refractivity contribution is 0.533. The van der Waals surface area contributed by atoms with Crippen molar-refractivity contribution in [2.45, 2.75) is 38.5 Å². The number of benzene rings is 3. The van der Waals surface area contributed by atoms with Gasteiger partial charge in [0.2, 0.25) is 0 Å². The number of aromatic nitrogens is 7. The minimum Gasteiger partial charge on any atom is -0.355 e. The van der Waals surface area contributed by atoms with Crippen LogP contribution in [0.4, 0.5) is 0 Å². The summed E-state index contributed by atoms with van der Waals surface area (Å²) >= 11 is 0. The highest BCUT2D eigenvalue weighted by atomic mass is 15.2. The summed E-state index contributed by atoms with van der Waals surface area (Å²) in [5.74, 6) is 2.52. The molecule has 2 N–H and O–H groups in total. The Morgan fingerprint density at radius 3 is 1.79 bits per heavy atom. The Bertz CT molecular complexity index is 2090. The Hall–Kier alpha value is -5.17. The molecule has 1 aliphatic rings. The zero-order valence-corrected chi connectivity index (χ0v) is 24.1. The van der Waals surface area contributed by atoms with E-state index in [2.05, 4.69) is 132 Å². The number of rotatable bonds is 2. The van der Waals surface area contributed by atoms with Crippen LogP contribution >= 0.6 is 0 Å². The van der Waals surface area contributed by atoms with Crippen molar-refractivity contribution >= 4 is 10.8 Å². The second-order valence-electron chi connectivity index (χ2n) is 12.1. The van der Waals surface area contributed by atoms with Crippen molar-refractivity contribution in [1.82, 2.24) is 34.1 Å². The number of hydrogen-bond donors (Lipinski definition) is 2. The molecular weight excluding hydrogens is 518 g/mol. The van der Waals surface area contributed by atoms with Gasteiger partial charge in [0, 0.05) is 57.5 Å². The summed E-state index contributed by atoms with van der Waals surface area (Å²) in [6.45, 7) is 8.85. The van der Waals surface area contributed by atoms with Gasteiger partial charge < -0.3 is 19.1 Å². The first-order valence-corrected chi connectivity index (χ1v) is 14.3. The fraction of sp³-hybridized carbons (Fsp3) is 0.171. The van der Waals surface area contributed by atoms with E-state index in [1.54, 1.807) is 0 Å². The van der Waals surface area contributed by atoms with Crippen LogP contribution in [-0.2, 0) is 10.8 Å². The maximum Gasteiger partial charge on any atom is 0.157 e. The van der Waals surface area contributed by atoms with Crippen molar-refractivity contribution < 1.29 is 0 Å². The van der Waals surface area contributed by atoms with Crippen molar-refractivity contribution in [3.05, 3.63) is 127 Å². The standard InChI is InChI=1S/C35H31N7/c1-34(2)28-19-36-31(39-28)27-21-42(23-15-9-6-10-16-23)33(38-27)35(3,4)32-37-26(20-41(32)22-13-7-5-8-14-22)29-24-17-11-12-18-25(24)30(34)40-29/h5-21,40H,1-4H3,(H,36,39). The smallest absolute Gasteiger partial charge is 0.157 e. The minimum atomic E-state index is -0.591. The van der Waals surface area contributed by atoms with E-state index in [1.807, 2.05) is 18.3 Å². The van der Waals surface area contributed by atoms with Crippen LogP contribution in [0.5, 0.6) is 0 Å². The van der Waals surface area contributed by atoms with Gasteiger partial charge in [-0.25, -0.2) is 15.0 Å². The van der Waals surface area contributed by atoms with E-state index in [4.69, 9.17) is 15.0 Å². The Kier molecular flexibility index (Phi) is 5.08. The molecular formula is C35H31N7. The van der Waals surface area contributed by atoms with Gasteiger partial charge in [-0.1, -0.05) is 60.7 Å². The van der Waals surface area contributed by atoms with Crippen molar-refractivity contribution in [3.8, 4) is 34.3 Å². The van der Waals surface area contributed by atoms with Gasteiger partial charge in [0.15, 0.2) is 5.82 Å². The molecule has 0 saturated heterocycles. The second kappa shape index (κ2) is 8.66. The highest BCUT2D eigenvalue weighted by Crippen LogP contribution is 2.42. The topological polar surface area (TPSA) is 80.1 Å². The third kappa shape index (κ3) is 3.49. The average Bonchev–Trinajstić information content (AvgIpc) is 3.81. The predicted molar refractivity (Wildman–Crippen MR) is 166 cm³/mol. The molecule has 0 aliphatic carbocycles. The van der Waals surface area contributed by atoms with Crippen LogP contribution in [0.2, 0.25) is 0 Å². The second-order valence-corrected chi connectivity index (χ2v) is 12.1. The van der Waals surface area contributed by atoms with Crippen LogP contribution in [0.25, 0.3) is 45.1 Å². The van der Waals surface area contributed by atoms with Crippen LogP contribution in [-0.4, -0.2) is 34.1 Å². The van der Waals surface area contributed by atoms with E-state index >= 15 is 0 Å². The molecule has 206 valence electrons. The molecule has 0 amide bonds. The molecule has 8 bridgehead atoms. The van der Waals surface area contributed by atoms with Gasteiger partial charge in [-0.05, 0) is 52.0 Å². The largest absolute Gasteiger partial charge is 0.355 e. The van der Waals surface area contributed by atoms with Crippen molar-refractivity contribution in [2.75, 3.05) is 0 Å². The van der Waals surface area contributed by atoms with Crippen molar-refractivity contribution in [3.63, 3.8) is 0 Å². The Morgan fingerprint density at radius 2 is 1.14 bits per heavy atom. The summed E-state index contributed by atoms with van der Waals surface area (Å²) in [7, 11) is 0. The normalized spacial score (nSPS) is 15.0. The third-order valence-corrected chi connectivity index (χ3v) is 8.69. The number of nitrogens with zero attached hydrogens (tertiary/aromatic N) is 5. The summed E-state index contributed by atoms with van der Waals surface area (Å²) in [5.41, 5.74) is 5.92. The Balaban J connectivity index is 1.50. The molecule has 42 heavy (non-hydrogen) atoms. The summed E-state index contributed by atoms with van der Waals surface area (Å²) in [5, 5.41) is 2.32. The third-order valence-electron chi connectivity index (χ3n) is 8.69. The molecule has 0 unspecified atom stereocenters. The van der Waals surface area contributed by atoms with Gasteiger partial charge in [0.05, 0.1) is 11.1 Å². The molecule has 3 aromatic carbocycles. The number of imidazole rings is 3. The summed E-state index contributed by atoms with van der Waals surface area (Å²) in [4.78, 5) is 23.0. The zero-order chi connectivity index (χ0) is 28.6. The van der Waals surface area contributed by atoms with E-state index in [-0.39, 0.29) is 5.41 Å². The fourth-order valence-corrected chi connectivity index (χ4v) is 6.33. The van der Waals surface area contributed by atoms with Crippen LogP contribution in [0, 0.1) is 0 Å². The summed E-state index contributed by atoms with van der Waals surface area (Å²) in [6, 6.07) is 29.3. The maximum absolute atomic E-state index is 5.41. The van der Waals surface area contributed by atoms with Crippen LogP contribution < -0.4 is 0 Å². The number of nitrogens with one attached hydrogen (secondary N) is 2. The lowest BCUT2D eigenvalue weighted by Crippen LogP contribution is -2.28. The van der Waals surface area contributed by atoms with Gasteiger partial charge in [-0.2, -0.15) is 0 Å². The monoisotopic (exact) mass is 549 g/mol. The quantitative estimate of drug-likeness (QED) is 0.234. The molecule has 8 rings (SSSR count). The van der Waals surface area contributed by atoms with Crippen molar-refractivity contribution in [1.29, 1.82) is 0 Å². The minimum absolute atomic E-state index is 0.387. The first-order chi connectivity index (χ1) is 20.3. The van der Waals surface area contributed by atoms with E-state index in [1.165, 1.54) is 5.39 Å². The van der Waals surface area contributed by atoms with E-state index in [0.717, 1.165) is 62.7 Å². The van der Waals surface area contributed by atoms with E-state index in [9.17, 15) is 0 Å². The van der Waals surface area contributed by atoms with Gasteiger partial charge in [-0.15, -0.1) is 0 Å². The highest BCUT2D eigenvalue weighted by Gasteiger charge is 2.37. The predicted octanol–water partition coefficient (Wildman–Crippen LogP) is 7.56. The number of para-hydroxylation sites is 2. The molecule has 7 nitrogen and oxygen atoms in total. The lowest BCUT2D eigenvalue weighted by Gasteiger charge is -2.26. The average molecular weight is 550 g/mol. The molecule has 0 spiro atoms. The van der Waals surface area contributed by atoms with Gasteiger partial charge in [-0.3, -0.25) is 0 Å². The molecule has 0 atom stereocenters. The molecule has 0 saturated carbocycles.